The number of anilines is 2. The molecule has 0 bridgehead atoms. The Hall–Kier alpha value is -2.50. The van der Waals surface area contributed by atoms with Crippen LogP contribution < -0.4 is 10.6 Å². The highest BCUT2D eigenvalue weighted by Crippen LogP contribution is 2.24. The van der Waals surface area contributed by atoms with E-state index in [1.165, 1.54) is 6.42 Å². The summed E-state index contributed by atoms with van der Waals surface area (Å²) in [5, 5.41) is 5.93. The molecule has 1 heterocycles. The largest absolute Gasteiger partial charge is 0.468 e. The first-order valence-electron chi connectivity index (χ1n) is 7.63. The lowest BCUT2D eigenvalue weighted by Crippen LogP contribution is -1.87. The SMILES string of the molecule is CCC.CCOC=O.CNc1cccc(-c2cnc(NC)o2)c1. The average Bonchev–Trinajstić information content (AvgIpc) is 3.06. The van der Waals surface area contributed by atoms with Gasteiger partial charge in [-0.2, -0.15) is 0 Å². The van der Waals surface area contributed by atoms with Crippen LogP contribution in [0.2, 0.25) is 0 Å². The molecule has 0 atom stereocenters. The highest BCUT2D eigenvalue weighted by Gasteiger charge is 2.04. The van der Waals surface area contributed by atoms with E-state index >= 15 is 0 Å². The second-order valence-electron chi connectivity index (χ2n) is 4.37. The van der Waals surface area contributed by atoms with Crippen molar-refractivity contribution in [1.29, 1.82) is 0 Å². The van der Waals surface area contributed by atoms with Crippen LogP contribution in [0.5, 0.6) is 0 Å². The van der Waals surface area contributed by atoms with Gasteiger partial charge in [-0.15, -0.1) is 0 Å². The standard InChI is InChI=1S/C11H13N3O.C3H6O2.C3H8/c1-12-9-5-3-4-8(6-9)10-7-14-11(13-2)15-10;1-2-5-3-4;1-3-2/h3-7,12H,1-2H3,(H,13,14);3H,2H2,1H3;3H2,1-2H3. The predicted molar refractivity (Wildman–Crippen MR) is 94.7 cm³/mol. The normalized spacial score (nSPS) is 8.74. The van der Waals surface area contributed by atoms with E-state index in [9.17, 15) is 4.79 Å². The summed E-state index contributed by atoms with van der Waals surface area (Å²) >= 11 is 0. The van der Waals surface area contributed by atoms with E-state index < -0.39 is 0 Å². The summed E-state index contributed by atoms with van der Waals surface area (Å²) in [6, 6.07) is 8.50. The van der Waals surface area contributed by atoms with Crippen LogP contribution in [-0.4, -0.2) is 32.2 Å². The number of ether oxygens (including phenoxy) is 1. The third-order valence-corrected chi connectivity index (χ3v) is 2.39. The van der Waals surface area contributed by atoms with Gasteiger partial charge in [-0.25, -0.2) is 4.98 Å². The summed E-state index contributed by atoms with van der Waals surface area (Å²) in [6.07, 6.45) is 2.96. The molecular formula is C17H27N3O3. The fourth-order valence-corrected chi connectivity index (χ4v) is 1.42. The molecule has 0 amide bonds. The summed E-state index contributed by atoms with van der Waals surface area (Å²) < 4.78 is 9.62. The van der Waals surface area contributed by atoms with Gasteiger partial charge in [0, 0.05) is 25.3 Å². The maximum absolute atomic E-state index is 9.18. The van der Waals surface area contributed by atoms with Gasteiger partial charge in [0.25, 0.3) is 12.5 Å². The van der Waals surface area contributed by atoms with Crippen molar-refractivity contribution < 1.29 is 13.9 Å². The van der Waals surface area contributed by atoms with Gasteiger partial charge < -0.3 is 19.8 Å². The van der Waals surface area contributed by atoms with E-state index in [0.29, 0.717) is 19.1 Å². The summed E-state index contributed by atoms with van der Waals surface area (Å²) in [5.41, 5.74) is 2.06. The van der Waals surface area contributed by atoms with E-state index in [-0.39, 0.29) is 0 Å². The van der Waals surface area contributed by atoms with Crippen molar-refractivity contribution >= 4 is 18.2 Å². The molecule has 2 aromatic rings. The molecule has 0 saturated carbocycles. The summed E-state index contributed by atoms with van der Waals surface area (Å²) in [7, 11) is 3.66. The van der Waals surface area contributed by atoms with Gasteiger partial charge in [-0.1, -0.05) is 32.4 Å². The number of hydrogen-bond acceptors (Lipinski definition) is 6. The van der Waals surface area contributed by atoms with Crippen LogP contribution in [-0.2, 0) is 9.53 Å². The number of nitrogens with zero attached hydrogens (tertiary/aromatic N) is 1. The molecule has 0 radical (unpaired) electrons. The van der Waals surface area contributed by atoms with Crippen molar-refractivity contribution in [2.75, 3.05) is 31.3 Å². The first-order chi connectivity index (χ1) is 11.2. The van der Waals surface area contributed by atoms with Gasteiger partial charge in [0.05, 0.1) is 12.8 Å². The van der Waals surface area contributed by atoms with E-state index in [4.69, 9.17) is 4.42 Å². The van der Waals surface area contributed by atoms with Crippen LogP contribution in [0.15, 0.2) is 34.9 Å². The first-order valence-corrected chi connectivity index (χ1v) is 7.63. The van der Waals surface area contributed by atoms with Crippen molar-refractivity contribution in [3.05, 3.63) is 30.5 Å². The van der Waals surface area contributed by atoms with Crippen LogP contribution in [0.3, 0.4) is 0 Å². The Morgan fingerprint density at radius 3 is 2.35 bits per heavy atom. The number of aromatic nitrogens is 1. The van der Waals surface area contributed by atoms with Gasteiger partial charge >= 0.3 is 0 Å². The summed E-state index contributed by atoms with van der Waals surface area (Å²) in [6.45, 7) is 6.91. The van der Waals surface area contributed by atoms with Crippen LogP contribution in [0, 0.1) is 0 Å². The third-order valence-electron chi connectivity index (χ3n) is 2.39. The molecule has 0 aliphatic heterocycles. The van der Waals surface area contributed by atoms with E-state index in [0.717, 1.165) is 17.0 Å². The van der Waals surface area contributed by atoms with Gasteiger partial charge in [0.2, 0.25) is 0 Å². The van der Waals surface area contributed by atoms with Crippen LogP contribution >= 0.6 is 0 Å². The molecule has 0 unspecified atom stereocenters. The van der Waals surface area contributed by atoms with Crippen molar-refractivity contribution in [3.63, 3.8) is 0 Å². The zero-order chi connectivity index (χ0) is 17.5. The number of hydrogen-bond donors (Lipinski definition) is 2. The lowest BCUT2D eigenvalue weighted by atomic mass is 10.1. The monoisotopic (exact) mass is 321 g/mol. The Bertz CT molecular complexity index is 541. The fraction of sp³-hybridized carbons (Fsp3) is 0.412. The Balaban J connectivity index is 0.000000511. The molecule has 6 heteroatoms. The number of carbonyl (C=O) groups excluding carboxylic acids is 1. The summed E-state index contributed by atoms with van der Waals surface area (Å²) in [5.74, 6) is 0.761. The zero-order valence-corrected chi connectivity index (χ0v) is 14.6. The highest BCUT2D eigenvalue weighted by molar-refractivity contribution is 5.63. The van der Waals surface area contributed by atoms with Crippen molar-refractivity contribution in [3.8, 4) is 11.3 Å². The molecule has 6 nitrogen and oxygen atoms in total. The maximum atomic E-state index is 9.18. The zero-order valence-electron chi connectivity index (χ0n) is 14.6. The van der Waals surface area contributed by atoms with Gasteiger partial charge in [-0.3, -0.25) is 4.79 Å². The van der Waals surface area contributed by atoms with Gasteiger partial charge in [0.15, 0.2) is 5.76 Å². The second-order valence-corrected chi connectivity index (χ2v) is 4.37. The minimum absolute atomic E-state index is 0.431. The van der Waals surface area contributed by atoms with E-state index in [2.05, 4.69) is 34.2 Å². The second kappa shape index (κ2) is 13.2. The molecule has 23 heavy (non-hydrogen) atoms. The molecule has 2 rings (SSSR count). The number of carbonyl (C=O) groups is 1. The Kier molecular flexibility index (Phi) is 11.8. The Morgan fingerprint density at radius 1 is 1.22 bits per heavy atom. The number of rotatable bonds is 5. The molecule has 1 aromatic heterocycles. The Morgan fingerprint density at radius 2 is 1.91 bits per heavy atom. The molecule has 128 valence electrons. The highest BCUT2D eigenvalue weighted by atomic mass is 16.5. The Labute approximate surface area is 138 Å². The van der Waals surface area contributed by atoms with Gasteiger partial charge in [-0.05, 0) is 19.1 Å². The molecule has 1 aromatic carbocycles. The van der Waals surface area contributed by atoms with Crippen LogP contribution in [0.1, 0.15) is 27.2 Å². The summed E-state index contributed by atoms with van der Waals surface area (Å²) in [4.78, 5) is 13.3. The first kappa shape index (κ1) is 20.5. The molecule has 0 fully saturated rings. The van der Waals surface area contributed by atoms with E-state index in [1.807, 2.05) is 31.3 Å². The quantitative estimate of drug-likeness (QED) is 0.810. The number of nitrogens with one attached hydrogen (secondary N) is 2. The third kappa shape index (κ3) is 8.50. The van der Waals surface area contributed by atoms with Gasteiger partial charge in [0.1, 0.15) is 0 Å². The predicted octanol–water partition coefficient (Wildman–Crippen LogP) is 4.02. The van der Waals surface area contributed by atoms with Crippen molar-refractivity contribution in [2.24, 2.45) is 0 Å². The fourth-order valence-electron chi connectivity index (χ4n) is 1.42. The van der Waals surface area contributed by atoms with Crippen LogP contribution in [0.25, 0.3) is 11.3 Å². The molecule has 2 N–H and O–H groups in total. The maximum Gasteiger partial charge on any atom is 0.294 e. The molecule has 0 spiro atoms. The van der Waals surface area contributed by atoms with E-state index in [1.54, 1.807) is 20.2 Å². The minimum Gasteiger partial charge on any atom is -0.468 e. The molecule has 0 aliphatic rings. The average molecular weight is 321 g/mol. The number of benzene rings is 1. The minimum atomic E-state index is 0.431. The van der Waals surface area contributed by atoms with Crippen LogP contribution in [0.4, 0.5) is 11.7 Å². The number of oxazole rings is 1. The topological polar surface area (TPSA) is 76.4 Å². The molecular weight excluding hydrogens is 294 g/mol. The molecule has 0 aliphatic carbocycles. The van der Waals surface area contributed by atoms with Crippen molar-refractivity contribution in [1.82, 2.24) is 4.98 Å². The van der Waals surface area contributed by atoms with Crippen molar-refractivity contribution in [2.45, 2.75) is 27.2 Å². The molecule has 0 saturated heterocycles. The lowest BCUT2D eigenvalue weighted by molar-refractivity contribution is -0.128. The lowest BCUT2D eigenvalue weighted by Gasteiger charge is -2.01. The smallest absolute Gasteiger partial charge is 0.294 e.